The van der Waals surface area contributed by atoms with Crippen molar-refractivity contribution in [3.8, 4) is 0 Å². The molecule has 2 rings (SSSR count). The van der Waals surface area contributed by atoms with E-state index in [1.165, 1.54) is 18.5 Å². The predicted octanol–water partition coefficient (Wildman–Crippen LogP) is 2.15. The van der Waals surface area contributed by atoms with E-state index in [0.29, 0.717) is 11.1 Å². The van der Waals surface area contributed by atoms with Gasteiger partial charge in [0.25, 0.3) is 0 Å². The highest BCUT2D eigenvalue weighted by molar-refractivity contribution is 6.30. The van der Waals surface area contributed by atoms with Gasteiger partial charge in [-0.25, -0.2) is 4.98 Å². The van der Waals surface area contributed by atoms with E-state index in [4.69, 9.17) is 17.3 Å². The van der Waals surface area contributed by atoms with E-state index < -0.39 is 0 Å². The zero-order valence-corrected chi connectivity index (χ0v) is 9.17. The van der Waals surface area contributed by atoms with Gasteiger partial charge in [0, 0.05) is 18.5 Å². The molecule has 1 aromatic heterocycles. The standard InChI is InChI=1S/C10H16ClN3/c1-7(12)5-8-3-2-4-14-6-13-10(11)9(8)14/h6-8H,2-5,12H2,1H3. The lowest BCUT2D eigenvalue weighted by atomic mass is 9.90. The molecule has 0 bridgehead atoms. The van der Waals surface area contributed by atoms with Gasteiger partial charge in [0.2, 0.25) is 0 Å². The number of halogens is 1. The van der Waals surface area contributed by atoms with Crippen molar-refractivity contribution in [3.63, 3.8) is 0 Å². The lowest BCUT2D eigenvalue weighted by molar-refractivity contribution is 0.416. The Balaban J connectivity index is 2.25. The number of rotatable bonds is 2. The first kappa shape index (κ1) is 9.99. The maximum Gasteiger partial charge on any atom is 0.150 e. The first-order valence-electron chi connectivity index (χ1n) is 5.14. The molecule has 2 N–H and O–H groups in total. The highest BCUT2D eigenvalue weighted by atomic mass is 35.5. The number of aryl methyl sites for hydroxylation is 1. The van der Waals surface area contributed by atoms with Gasteiger partial charge < -0.3 is 10.3 Å². The summed E-state index contributed by atoms with van der Waals surface area (Å²) >= 11 is 6.06. The molecule has 0 saturated carbocycles. The van der Waals surface area contributed by atoms with E-state index >= 15 is 0 Å². The average Bonchev–Trinajstić information content (AvgIpc) is 2.48. The van der Waals surface area contributed by atoms with Crippen LogP contribution in [-0.4, -0.2) is 15.6 Å². The third kappa shape index (κ3) is 1.79. The third-order valence-electron chi connectivity index (χ3n) is 2.83. The van der Waals surface area contributed by atoms with Crippen molar-refractivity contribution in [2.75, 3.05) is 0 Å². The summed E-state index contributed by atoms with van der Waals surface area (Å²) in [5, 5.41) is 0.662. The van der Waals surface area contributed by atoms with Crippen LogP contribution < -0.4 is 5.73 Å². The van der Waals surface area contributed by atoms with Crippen LogP contribution in [0.5, 0.6) is 0 Å². The Morgan fingerprint density at radius 3 is 3.29 bits per heavy atom. The molecule has 1 aliphatic rings. The van der Waals surface area contributed by atoms with E-state index in [0.717, 1.165) is 13.0 Å². The van der Waals surface area contributed by atoms with Crippen LogP contribution >= 0.6 is 11.6 Å². The van der Waals surface area contributed by atoms with Crippen molar-refractivity contribution < 1.29 is 0 Å². The normalized spacial score (nSPS) is 23.2. The summed E-state index contributed by atoms with van der Waals surface area (Å²) in [6.45, 7) is 3.09. The SMILES string of the molecule is CC(N)CC1CCCn2cnc(Cl)c21. The van der Waals surface area contributed by atoms with Crippen molar-refractivity contribution in [2.45, 2.75) is 44.7 Å². The topological polar surface area (TPSA) is 43.8 Å². The van der Waals surface area contributed by atoms with Crippen LogP contribution in [0.15, 0.2) is 6.33 Å². The van der Waals surface area contributed by atoms with Crippen LogP contribution in [0.3, 0.4) is 0 Å². The van der Waals surface area contributed by atoms with Gasteiger partial charge in [0.15, 0.2) is 5.15 Å². The highest BCUT2D eigenvalue weighted by Crippen LogP contribution is 2.34. The van der Waals surface area contributed by atoms with Crippen molar-refractivity contribution in [1.29, 1.82) is 0 Å². The van der Waals surface area contributed by atoms with Crippen LogP contribution in [0, 0.1) is 0 Å². The summed E-state index contributed by atoms with van der Waals surface area (Å²) in [6.07, 6.45) is 5.24. The molecule has 0 amide bonds. The number of hydrogen-bond donors (Lipinski definition) is 1. The molecule has 0 aliphatic carbocycles. The Labute approximate surface area is 89.3 Å². The molecular formula is C10H16ClN3. The van der Waals surface area contributed by atoms with Crippen LogP contribution in [0.25, 0.3) is 0 Å². The molecule has 2 atom stereocenters. The van der Waals surface area contributed by atoms with Gasteiger partial charge in [-0.15, -0.1) is 0 Å². The minimum Gasteiger partial charge on any atom is -0.333 e. The highest BCUT2D eigenvalue weighted by Gasteiger charge is 2.24. The lowest BCUT2D eigenvalue weighted by Crippen LogP contribution is -2.23. The largest absolute Gasteiger partial charge is 0.333 e. The molecule has 0 fully saturated rings. The van der Waals surface area contributed by atoms with Gasteiger partial charge in [-0.05, 0) is 26.2 Å². The van der Waals surface area contributed by atoms with E-state index in [-0.39, 0.29) is 6.04 Å². The summed E-state index contributed by atoms with van der Waals surface area (Å²) in [5.41, 5.74) is 7.02. The molecule has 0 saturated heterocycles. The van der Waals surface area contributed by atoms with Crippen LogP contribution in [0.2, 0.25) is 5.15 Å². The molecular weight excluding hydrogens is 198 g/mol. The first-order valence-corrected chi connectivity index (χ1v) is 5.52. The van der Waals surface area contributed by atoms with E-state index in [2.05, 4.69) is 9.55 Å². The molecule has 14 heavy (non-hydrogen) atoms. The molecule has 2 unspecified atom stereocenters. The molecule has 4 heteroatoms. The number of nitrogens with zero attached hydrogens (tertiary/aromatic N) is 2. The summed E-state index contributed by atoms with van der Waals surface area (Å²) in [5.74, 6) is 0.499. The minimum absolute atomic E-state index is 0.234. The molecule has 0 aromatic carbocycles. The molecule has 2 heterocycles. The molecule has 3 nitrogen and oxygen atoms in total. The zero-order chi connectivity index (χ0) is 10.1. The second kappa shape index (κ2) is 3.91. The zero-order valence-electron chi connectivity index (χ0n) is 8.41. The van der Waals surface area contributed by atoms with E-state index in [1.807, 2.05) is 13.3 Å². The Kier molecular flexibility index (Phi) is 2.79. The maximum absolute atomic E-state index is 6.06. The van der Waals surface area contributed by atoms with Gasteiger partial charge in [0.1, 0.15) is 0 Å². The van der Waals surface area contributed by atoms with Crippen LogP contribution in [0.4, 0.5) is 0 Å². The molecule has 0 radical (unpaired) electrons. The fraction of sp³-hybridized carbons (Fsp3) is 0.700. The molecule has 78 valence electrons. The van der Waals surface area contributed by atoms with Crippen molar-refractivity contribution in [2.24, 2.45) is 5.73 Å². The van der Waals surface area contributed by atoms with Crippen LogP contribution in [0.1, 0.15) is 37.8 Å². The van der Waals surface area contributed by atoms with E-state index in [1.54, 1.807) is 0 Å². The summed E-state index contributed by atoms with van der Waals surface area (Å²) in [7, 11) is 0. The Bertz CT molecular complexity index is 319. The second-order valence-electron chi connectivity index (χ2n) is 4.17. The molecule has 0 spiro atoms. The Hall–Kier alpha value is -0.540. The van der Waals surface area contributed by atoms with Crippen molar-refractivity contribution in [1.82, 2.24) is 9.55 Å². The number of hydrogen-bond acceptors (Lipinski definition) is 2. The number of aromatic nitrogens is 2. The van der Waals surface area contributed by atoms with Gasteiger partial charge in [-0.3, -0.25) is 0 Å². The fourth-order valence-corrected chi connectivity index (χ4v) is 2.58. The first-order chi connectivity index (χ1) is 6.68. The number of fused-ring (bicyclic) bond motifs is 1. The lowest BCUT2D eigenvalue weighted by Gasteiger charge is -2.25. The maximum atomic E-state index is 6.06. The Morgan fingerprint density at radius 1 is 1.79 bits per heavy atom. The average molecular weight is 214 g/mol. The van der Waals surface area contributed by atoms with Gasteiger partial charge in [0.05, 0.1) is 12.0 Å². The Morgan fingerprint density at radius 2 is 2.57 bits per heavy atom. The monoisotopic (exact) mass is 213 g/mol. The van der Waals surface area contributed by atoms with Gasteiger partial charge in [-0.1, -0.05) is 11.6 Å². The van der Waals surface area contributed by atoms with Crippen molar-refractivity contribution in [3.05, 3.63) is 17.2 Å². The minimum atomic E-state index is 0.234. The van der Waals surface area contributed by atoms with Crippen LogP contribution in [-0.2, 0) is 6.54 Å². The fourth-order valence-electron chi connectivity index (χ4n) is 2.27. The van der Waals surface area contributed by atoms with Gasteiger partial charge >= 0.3 is 0 Å². The molecule has 1 aliphatic heterocycles. The summed E-state index contributed by atoms with van der Waals surface area (Å²) in [4.78, 5) is 4.14. The summed E-state index contributed by atoms with van der Waals surface area (Å²) < 4.78 is 2.17. The quantitative estimate of drug-likeness (QED) is 0.818. The number of nitrogens with two attached hydrogens (primary N) is 1. The number of imidazole rings is 1. The van der Waals surface area contributed by atoms with E-state index in [9.17, 15) is 0 Å². The third-order valence-corrected chi connectivity index (χ3v) is 3.12. The summed E-state index contributed by atoms with van der Waals surface area (Å²) in [6, 6.07) is 0.234. The molecule has 1 aromatic rings. The smallest absolute Gasteiger partial charge is 0.150 e. The predicted molar refractivity (Wildman–Crippen MR) is 57.5 cm³/mol. The van der Waals surface area contributed by atoms with Gasteiger partial charge in [-0.2, -0.15) is 0 Å². The van der Waals surface area contributed by atoms with Crippen molar-refractivity contribution >= 4 is 11.6 Å². The second-order valence-corrected chi connectivity index (χ2v) is 4.52.